The molecular formula is C14H18N2. The van der Waals surface area contributed by atoms with Crippen LogP contribution in [0.5, 0.6) is 0 Å². The Morgan fingerprint density at radius 2 is 1.94 bits per heavy atom. The molecule has 0 saturated heterocycles. The summed E-state index contributed by atoms with van der Waals surface area (Å²) in [5.74, 6) is 0. The summed E-state index contributed by atoms with van der Waals surface area (Å²) < 4.78 is 0. The molecule has 0 fully saturated rings. The number of hydrogen-bond acceptors (Lipinski definition) is 2. The fraction of sp³-hybridized carbons (Fsp3) is 0.143. The van der Waals surface area contributed by atoms with E-state index in [0.717, 1.165) is 5.57 Å². The van der Waals surface area contributed by atoms with Crippen LogP contribution in [0.4, 0.5) is 0 Å². The van der Waals surface area contributed by atoms with E-state index in [1.54, 1.807) is 12.4 Å². The van der Waals surface area contributed by atoms with E-state index in [0.29, 0.717) is 6.54 Å². The van der Waals surface area contributed by atoms with Crippen molar-refractivity contribution in [3.63, 3.8) is 0 Å². The first-order valence-electron chi connectivity index (χ1n) is 5.08. The lowest BCUT2D eigenvalue weighted by Crippen LogP contribution is -1.79. The third-order valence-corrected chi connectivity index (χ3v) is 1.51. The highest BCUT2D eigenvalue weighted by Gasteiger charge is 1.76. The molecule has 0 atom stereocenters. The summed E-state index contributed by atoms with van der Waals surface area (Å²) in [7, 11) is 0. The second kappa shape index (κ2) is 11.1. The molecule has 84 valence electrons. The van der Waals surface area contributed by atoms with Gasteiger partial charge >= 0.3 is 0 Å². The van der Waals surface area contributed by atoms with Crippen LogP contribution < -0.4 is 0 Å². The number of nitrogens with zero attached hydrogens (tertiary/aromatic N) is 2. The molecule has 0 heterocycles. The van der Waals surface area contributed by atoms with E-state index in [1.807, 2.05) is 43.4 Å². The van der Waals surface area contributed by atoms with Crippen LogP contribution in [0.15, 0.2) is 71.4 Å². The van der Waals surface area contributed by atoms with Crippen molar-refractivity contribution in [1.82, 2.24) is 0 Å². The number of aliphatic imine (C=N–C) groups is 2. The molecule has 0 spiro atoms. The molecule has 0 radical (unpaired) electrons. The smallest absolute Gasteiger partial charge is 0.0742 e. The SMILES string of the molecule is C=CN=CCN=C/C=C\C(=C)/C=C\C=C\C. The van der Waals surface area contributed by atoms with Gasteiger partial charge in [0.2, 0.25) is 0 Å². The van der Waals surface area contributed by atoms with Crippen LogP contribution in [0.25, 0.3) is 0 Å². The Morgan fingerprint density at radius 3 is 2.62 bits per heavy atom. The minimum atomic E-state index is 0.567. The summed E-state index contributed by atoms with van der Waals surface area (Å²) in [5, 5.41) is 0. The van der Waals surface area contributed by atoms with Crippen molar-refractivity contribution >= 4 is 12.4 Å². The molecule has 0 amide bonds. The molecule has 2 heteroatoms. The molecule has 0 saturated carbocycles. The highest BCUT2D eigenvalue weighted by Crippen LogP contribution is 1.94. The van der Waals surface area contributed by atoms with Crippen LogP contribution in [0.1, 0.15) is 6.92 Å². The van der Waals surface area contributed by atoms with Gasteiger partial charge in [-0.05, 0) is 18.6 Å². The summed E-state index contributed by atoms with van der Waals surface area (Å²) in [6.07, 6.45) is 16.5. The van der Waals surface area contributed by atoms with E-state index in [-0.39, 0.29) is 0 Å². The lowest BCUT2D eigenvalue weighted by Gasteiger charge is -1.85. The number of allylic oxidation sites excluding steroid dienone is 7. The predicted molar refractivity (Wildman–Crippen MR) is 74.3 cm³/mol. The summed E-state index contributed by atoms with van der Waals surface area (Å²) in [6, 6.07) is 0. The van der Waals surface area contributed by atoms with Gasteiger partial charge in [0.15, 0.2) is 0 Å². The first kappa shape index (κ1) is 14.0. The maximum absolute atomic E-state index is 4.09. The Kier molecular flexibility index (Phi) is 9.75. The summed E-state index contributed by atoms with van der Waals surface area (Å²) >= 11 is 0. The molecule has 0 aromatic heterocycles. The van der Waals surface area contributed by atoms with Crippen molar-refractivity contribution in [3.05, 3.63) is 61.4 Å². The molecule has 0 aliphatic heterocycles. The van der Waals surface area contributed by atoms with Crippen LogP contribution in [0, 0.1) is 0 Å². The Balaban J connectivity index is 3.86. The Bertz CT molecular complexity index is 342. The van der Waals surface area contributed by atoms with Crippen LogP contribution >= 0.6 is 0 Å². The van der Waals surface area contributed by atoms with Gasteiger partial charge in [-0.15, -0.1) is 0 Å². The van der Waals surface area contributed by atoms with Gasteiger partial charge in [-0.25, -0.2) is 0 Å². The van der Waals surface area contributed by atoms with Gasteiger partial charge < -0.3 is 0 Å². The summed E-state index contributed by atoms with van der Waals surface area (Å²) in [5.41, 5.74) is 0.935. The first-order valence-corrected chi connectivity index (χ1v) is 5.08. The molecule has 16 heavy (non-hydrogen) atoms. The lowest BCUT2D eigenvalue weighted by atomic mass is 10.2. The van der Waals surface area contributed by atoms with Crippen LogP contribution in [0.3, 0.4) is 0 Å². The van der Waals surface area contributed by atoms with Crippen LogP contribution in [-0.2, 0) is 0 Å². The van der Waals surface area contributed by atoms with Gasteiger partial charge in [0.25, 0.3) is 0 Å². The lowest BCUT2D eigenvalue weighted by molar-refractivity contribution is 1.33. The summed E-state index contributed by atoms with van der Waals surface area (Å²) in [6.45, 7) is 9.87. The zero-order chi connectivity index (χ0) is 12.1. The first-order chi connectivity index (χ1) is 7.81. The van der Waals surface area contributed by atoms with E-state index >= 15 is 0 Å². The molecule has 0 aliphatic carbocycles. The largest absolute Gasteiger partial charge is 0.287 e. The van der Waals surface area contributed by atoms with Gasteiger partial charge in [-0.3, -0.25) is 9.98 Å². The molecule has 0 aromatic rings. The Morgan fingerprint density at radius 1 is 1.19 bits per heavy atom. The van der Waals surface area contributed by atoms with E-state index in [4.69, 9.17) is 0 Å². The molecular weight excluding hydrogens is 196 g/mol. The zero-order valence-electron chi connectivity index (χ0n) is 9.71. The Labute approximate surface area is 97.8 Å². The second-order valence-electron chi connectivity index (χ2n) is 2.85. The molecule has 0 aliphatic rings. The number of hydrogen-bond donors (Lipinski definition) is 0. The fourth-order valence-corrected chi connectivity index (χ4v) is 0.803. The molecule has 0 unspecified atom stereocenters. The van der Waals surface area contributed by atoms with Crippen molar-refractivity contribution in [2.24, 2.45) is 9.98 Å². The van der Waals surface area contributed by atoms with Gasteiger partial charge in [0, 0.05) is 18.6 Å². The second-order valence-corrected chi connectivity index (χ2v) is 2.85. The molecule has 0 rings (SSSR count). The van der Waals surface area contributed by atoms with E-state index in [1.165, 1.54) is 6.20 Å². The van der Waals surface area contributed by atoms with Crippen LogP contribution in [-0.4, -0.2) is 19.0 Å². The van der Waals surface area contributed by atoms with Gasteiger partial charge in [0.1, 0.15) is 0 Å². The standard InChI is InChI=1S/C14H18N2/c1-4-6-7-9-14(3)10-8-11-16-13-12-15-5-2/h4-12H,2-3,13H2,1H3/b6-4+,9-7-,10-8-,15-12?,16-11?. The number of rotatable bonds is 7. The van der Waals surface area contributed by atoms with Crippen molar-refractivity contribution in [2.75, 3.05) is 6.54 Å². The van der Waals surface area contributed by atoms with E-state index in [9.17, 15) is 0 Å². The minimum absolute atomic E-state index is 0.567. The molecule has 2 nitrogen and oxygen atoms in total. The highest BCUT2D eigenvalue weighted by atomic mass is 14.7. The van der Waals surface area contributed by atoms with Crippen molar-refractivity contribution < 1.29 is 0 Å². The topological polar surface area (TPSA) is 24.7 Å². The van der Waals surface area contributed by atoms with Gasteiger partial charge in [0.05, 0.1) is 6.54 Å². The zero-order valence-corrected chi connectivity index (χ0v) is 9.71. The molecule has 0 N–H and O–H groups in total. The molecule has 0 bridgehead atoms. The van der Waals surface area contributed by atoms with Crippen LogP contribution in [0.2, 0.25) is 0 Å². The monoisotopic (exact) mass is 214 g/mol. The van der Waals surface area contributed by atoms with Crippen molar-refractivity contribution in [1.29, 1.82) is 0 Å². The maximum Gasteiger partial charge on any atom is 0.0742 e. The minimum Gasteiger partial charge on any atom is -0.287 e. The third-order valence-electron chi connectivity index (χ3n) is 1.51. The maximum atomic E-state index is 4.09. The average molecular weight is 214 g/mol. The molecule has 0 aromatic carbocycles. The predicted octanol–water partition coefficient (Wildman–Crippen LogP) is 3.52. The Hall–Kier alpha value is -1.96. The van der Waals surface area contributed by atoms with Crippen molar-refractivity contribution in [3.8, 4) is 0 Å². The van der Waals surface area contributed by atoms with E-state index in [2.05, 4.69) is 23.1 Å². The van der Waals surface area contributed by atoms with Gasteiger partial charge in [-0.1, -0.05) is 43.5 Å². The average Bonchev–Trinajstić information content (AvgIpc) is 2.28. The highest BCUT2D eigenvalue weighted by molar-refractivity contribution is 5.74. The summed E-state index contributed by atoms with van der Waals surface area (Å²) in [4.78, 5) is 7.91. The van der Waals surface area contributed by atoms with Gasteiger partial charge in [-0.2, -0.15) is 0 Å². The van der Waals surface area contributed by atoms with E-state index < -0.39 is 0 Å². The normalized spacial score (nSPS) is 12.8. The third kappa shape index (κ3) is 10.1. The fourth-order valence-electron chi connectivity index (χ4n) is 0.803. The quantitative estimate of drug-likeness (QED) is 0.457. The van der Waals surface area contributed by atoms with Crippen molar-refractivity contribution in [2.45, 2.75) is 6.92 Å².